The van der Waals surface area contributed by atoms with Crippen molar-refractivity contribution < 1.29 is 31.2 Å². The van der Waals surface area contributed by atoms with E-state index >= 15 is 0 Å². The topological polar surface area (TPSA) is 169 Å². The van der Waals surface area contributed by atoms with Crippen LogP contribution in [0.2, 0.25) is 0 Å². The molecule has 7 rings (SSSR count). The highest BCUT2D eigenvalue weighted by atomic mass is 32.2. The Hall–Kier alpha value is -5.40. The van der Waals surface area contributed by atoms with Gasteiger partial charge in [0.25, 0.3) is 0 Å². The molecule has 2 amide bonds. The van der Waals surface area contributed by atoms with Gasteiger partial charge in [0.15, 0.2) is 5.82 Å². The highest BCUT2D eigenvalue weighted by Gasteiger charge is 2.36. The van der Waals surface area contributed by atoms with Crippen LogP contribution in [-0.4, -0.2) is 109 Å². The van der Waals surface area contributed by atoms with E-state index in [9.17, 15) is 31.2 Å². The number of hydrogen-bond acceptors (Lipinski definition) is 13. The maximum atomic E-state index is 13.9. The number of hydrogen-bond donors (Lipinski definition) is 3. The molecule has 58 heavy (non-hydrogen) atoms. The smallest absolute Gasteiger partial charge is 0.371 e. The molecule has 3 aliphatic rings. The van der Waals surface area contributed by atoms with Crippen molar-refractivity contribution in [3.63, 3.8) is 0 Å². The summed E-state index contributed by atoms with van der Waals surface area (Å²) in [6.07, 6.45) is 2.54. The van der Waals surface area contributed by atoms with E-state index in [1.165, 1.54) is 25.0 Å². The lowest BCUT2D eigenvalue weighted by atomic mass is 9.90. The van der Waals surface area contributed by atoms with Crippen LogP contribution in [0.15, 0.2) is 67.1 Å². The first-order valence-corrected chi connectivity index (χ1v) is 21.0. The van der Waals surface area contributed by atoms with E-state index in [4.69, 9.17) is 0 Å². The quantitative estimate of drug-likeness (QED) is 0.173. The molecule has 3 fully saturated rings. The van der Waals surface area contributed by atoms with Gasteiger partial charge >= 0.3 is 6.18 Å². The average molecular weight is 822 g/mol. The molecule has 0 radical (unpaired) electrons. The molecule has 3 N–H and O–H groups in total. The van der Waals surface area contributed by atoms with Gasteiger partial charge in [-0.25, -0.2) is 18.4 Å². The summed E-state index contributed by atoms with van der Waals surface area (Å²) in [5.74, 6) is -1.26. The van der Waals surface area contributed by atoms with Gasteiger partial charge in [0.05, 0.1) is 18.7 Å². The van der Waals surface area contributed by atoms with Crippen LogP contribution >= 0.6 is 0 Å². The highest BCUT2D eigenvalue weighted by molar-refractivity contribution is 7.92. The van der Waals surface area contributed by atoms with Crippen molar-refractivity contribution >= 4 is 50.8 Å². The van der Waals surface area contributed by atoms with Crippen molar-refractivity contribution in [2.75, 3.05) is 72.4 Å². The summed E-state index contributed by atoms with van der Waals surface area (Å²) < 4.78 is 66.9. The zero-order valence-corrected chi connectivity index (χ0v) is 33.1. The van der Waals surface area contributed by atoms with E-state index < -0.39 is 27.6 Å². The zero-order chi connectivity index (χ0) is 41.0. The number of halogens is 3. The molecule has 0 saturated carbocycles. The molecule has 2 aromatic heterocycles. The van der Waals surface area contributed by atoms with E-state index in [1.807, 2.05) is 36.4 Å². The first-order chi connectivity index (χ1) is 27.7. The lowest BCUT2D eigenvalue weighted by molar-refractivity contribution is -0.137. The molecular formula is C39H46F3N11O4S. The molecule has 3 aliphatic heterocycles. The maximum absolute atomic E-state index is 13.9. The Morgan fingerprint density at radius 3 is 2.24 bits per heavy atom. The second-order valence-corrected chi connectivity index (χ2v) is 16.8. The lowest BCUT2D eigenvalue weighted by Gasteiger charge is -2.43. The van der Waals surface area contributed by atoms with Crippen LogP contribution in [0.4, 0.5) is 42.1 Å². The fraction of sp³-hybridized carbons (Fsp3) is 0.436. The van der Waals surface area contributed by atoms with E-state index in [0.717, 1.165) is 80.5 Å². The molecule has 4 aromatic rings. The number of nitrogens with zero attached hydrogens (tertiary/aromatic N) is 8. The molecule has 0 bridgehead atoms. The predicted molar refractivity (Wildman–Crippen MR) is 213 cm³/mol. The van der Waals surface area contributed by atoms with E-state index in [0.29, 0.717) is 30.8 Å². The summed E-state index contributed by atoms with van der Waals surface area (Å²) in [4.78, 5) is 47.4. The van der Waals surface area contributed by atoms with Crippen molar-refractivity contribution in [1.29, 1.82) is 0 Å². The van der Waals surface area contributed by atoms with Crippen LogP contribution in [-0.2, 0) is 38.9 Å². The van der Waals surface area contributed by atoms with Crippen LogP contribution in [0.5, 0.6) is 0 Å². The van der Waals surface area contributed by atoms with Crippen molar-refractivity contribution in [2.45, 2.75) is 56.9 Å². The zero-order valence-electron chi connectivity index (χ0n) is 32.2. The largest absolute Gasteiger partial charge is 0.421 e. The second kappa shape index (κ2) is 17.2. The molecule has 5 heterocycles. The van der Waals surface area contributed by atoms with Gasteiger partial charge in [0, 0.05) is 95.3 Å². The van der Waals surface area contributed by atoms with Gasteiger partial charge in [-0.05, 0) is 54.7 Å². The van der Waals surface area contributed by atoms with Gasteiger partial charge in [-0.3, -0.25) is 34.0 Å². The number of sulfonamides is 1. The number of piperidine rings is 2. The third-order valence-electron chi connectivity index (χ3n) is 11.0. The van der Waals surface area contributed by atoms with Crippen LogP contribution in [0.3, 0.4) is 0 Å². The molecule has 3 saturated heterocycles. The molecule has 0 spiro atoms. The van der Waals surface area contributed by atoms with E-state index in [2.05, 4.69) is 62.7 Å². The van der Waals surface area contributed by atoms with Crippen molar-refractivity contribution in [3.05, 3.63) is 89.5 Å². The SMILES string of the molecule is CN(c1nccnc1CNc1nc(Nc2ccc(N3CCC(N4CCN(Cc5ccc(C6CCC(=O)NC6=O)cc5)CC4)CC3)cc2)ncc1C(F)(F)F)S(C)(=O)=O. The van der Waals surface area contributed by atoms with E-state index in [-0.39, 0.29) is 41.7 Å². The highest BCUT2D eigenvalue weighted by Crippen LogP contribution is 2.35. The Morgan fingerprint density at radius 1 is 0.897 bits per heavy atom. The van der Waals surface area contributed by atoms with Gasteiger partial charge in [-0.1, -0.05) is 24.3 Å². The summed E-state index contributed by atoms with van der Waals surface area (Å²) in [5, 5.41) is 8.08. The fourth-order valence-electron chi connectivity index (χ4n) is 7.64. The van der Waals surface area contributed by atoms with Crippen LogP contribution < -0.4 is 25.2 Å². The summed E-state index contributed by atoms with van der Waals surface area (Å²) >= 11 is 0. The Bertz CT molecular complexity index is 2200. The minimum atomic E-state index is -4.75. The minimum absolute atomic E-state index is 0.0214. The van der Waals surface area contributed by atoms with Gasteiger partial charge in [-0.15, -0.1) is 0 Å². The van der Waals surface area contributed by atoms with Gasteiger partial charge in [-0.2, -0.15) is 18.2 Å². The molecule has 1 atom stereocenters. The van der Waals surface area contributed by atoms with Gasteiger partial charge in [0.1, 0.15) is 17.1 Å². The monoisotopic (exact) mass is 821 g/mol. The molecule has 15 nitrogen and oxygen atoms in total. The summed E-state index contributed by atoms with van der Waals surface area (Å²) in [6, 6.07) is 16.3. The predicted octanol–water partition coefficient (Wildman–Crippen LogP) is 4.34. The van der Waals surface area contributed by atoms with E-state index in [1.54, 1.807) is 0 Å². The second-order valence-electron chi connectivity index (χ2n) is 14.8. The normalized spacial score (nSPS) is 18.8. The van der Waals surface area contributed by atoms with Crippen molar-refractivity contribution in [1.82, 2.24) is 35.1 Å². The number of rotatable bonds is 12. The number of amides is 2. The average Bonchev–Trinajstić information content (AvgIpc) is 3.20. The maximum Gasteiger partial charge on any atom is 0.421 e. The van der Waals surface area contributed by atoms with Crippen LogP contribution in [0, 0.1) is 0 Å². The first-order valence-electron chi connectivity index (χ1n) is 19.1. The molecule has 1 unspecified atom stereocenters. The Labute approximate surface area is 335 Å². The first kappa shape index (κ1) is 40.8. The Morgan fingerprint density at radius 2 is 1.59 bits per heavy atom. The number of piperazine rings is 1. The number of imide groups is 1. The summed E-state index contributed by atoms with van der Waals surface area (Å²) in [6.45, 7) is 6.35. The fourth-order valence-corrected chi connectivity index (χ4v) is 8.11. The number of aromatic nitrogens is 4. The molecule has 308 valence electrons. The number of carbonyl (C=O) groups excluding carboxylic acids is 2. The molecule has 2 aromatic carbocycles. The van der Waals surface area contributed by atoms with Gasteiger partial charge in [0.2, 0.25) is 27.8 Å². The van der Waals surface area contributed by atoms with Crippen LogP contribution in [0.25, 0.3) is 0 Å². The molecular weight excluding hydrogens is 776 g/mol. The summed E-state index contributed by atoms with van der Waals surface area (Å²) in [7, 11) is -2.41. The molecule has 19 heteroatoms. The number of carbonyl (C=O) groups is 2. The van der Waals surface area contributed by atoms with Crippen molar-refractivity contribution in [2.24, 2.45) is 0 Å². The molecule has 0 aliphatic carbocycles. The Kier molecular flexibility index (Phi) is 12.1. The standard InChI is InChI=1S/C39H46F3N11O4S/c1-50(58(2,56)57)36-33(43-15-16-44-36)24-45-35-32(39(40,41)42)23-46-38(49-35)47-28-7-9-29(10-8-28)52-17-13-30(14-18-52)53-21-19-51(20-22-53)25-26-3-5-27(6-4-26)31-11-12-34(54)48-37(31)55/h3-10,15-16,23,30-31H,11-14,17-22,24-25H2,1-2H3,(H,48,54,55)(H2,45,46,47,49). The summed E-state index contributed by atoms with van der Waals surface area (Å²) in [5.41, 5.74) is 2.83. The third-order valence-corrected chi connectivity index (χ3v) is 12.1. The van der Waals surface area contributed by atoms with Crippen LogP contribution in [0.1, 0.15) is 54.0 Å². The van der Waals surface area contributed by atoms with Crippen molar-refractivity contribution in [3.8, 4) is 0 Å². The number of nitrogens with one attached hydrogen (secondary N) is 3. The number of anilines is 5. The number of alkyl halides is 3. The number of benzene rings is 2. The van der Waals surface area contributed by atoms with Gasteiger partial charge < -0.3 is 15.5 Å². The third kappa shape index (κ3) is 9.82. The minimum Gasteiger partial charge on any atom is -0.371 e. The Balaban J connectivity index is 0.890. The lowest BCUT2D eigenvalue weighted by Crippen LogP contribution is -2.53.